The fraction of sp³-hybridized carbons (Fsp3) is 0.600. The van der Waals surface area contributed by atoms with E-state index in [9.17, 15) is 0 Å². The molecule has 0 aliphatic heterocycles. The quantitative estimate of drug-likeness (QED) is 0.698. The summed E-state index contributed by atoms with van der Waals surface area (Å²) in [5.41, 5.74) is 1.41. The van der Waals surface area contributed by atoms with Gasteiger partial charge in [0.25, 0.3) is 0 Å². The number of benzene rings is 1. The predicted molar refractivity (Wildman–Crippen MR) is 79.6 cm³/mol. The lowest BCUT2D eigenvalue weighted by molar-refractivity contribution is 0.603. The molecule has 0 amide bonds. The van der Waals surface area contributed by atoms with Crippen LogP contribution in [0.15, 0.2) is 30.3 Å². The predicted octanol–water partition coefficient (Wildman–Crippen LogP) is 4.12. The molecule has 17 heavy (non-hydrogen) atoms. The second-order valence-electron chi connectivity index (χ2n) is 4.78. The van der Waals surface area contributed by atoms with Crippen LogP contribution in [0.4, 0.5) is 0 Å². The second-order valence-corrected chi connectivity index (χ2v) is 5.93. The summed E-state index contributed by atoms with van der Waals surface area (Å²) in [5.74, 6) is 3.26. The third kappa shape index (κ3) is 6.13. The van der Waals surface area contributed by atoms with Gasteiger partial charge in [-0.15, -0.1) is 0 Å². The lowest BCUT2D eigenvalue weighted by Crippen LogP contribution is -2.23. The standard InChI is InChI=1S/C15H25NS/c1-4-16-15(12-17-11-10-13(2)3)14-8-6-5-7-9-14/h5-9,13,15-16H,4,10-12H2,1-3H3. The molecule has 1 rings (SSSR count). The molecule has 1 aromatic carbocycles. The molecule has 2 heteroatoms. The van der Waals surface area contributed by atoms with Gasteiger partial charge in [-0.1, -0.05) is 51.1 Å². The molecular weight excluding hydrogens is 226 g/mol. The largest absolute Gasteiger partial charge is 0.310 e. The highest BCUT2D eigenvalue weighted by Crippen LogP contribution is 2.19. The Morgan fingerprint density at radius 3 is 2.47 bits per heavy atom. The van der Waals surface area contributed by atoms with Crippen molar-refractivity contribution in [3.63, 3.8) is 0 Å². The molecule has 1 N–H and O–H groups in total. The van der Waals surface area contributed by atoms with Gasteiger partial charge in [0.1, 0.15) is 0 Å². The molecule has 1 nitrogen and oxygen atoms in total. The number of hydrogen-bond acceptors (Lipinski definition) is 2. The first-order valence-corrected chi connectivity index (χ1v) is 7.75. The van der Waals surface area contributed by atoms with Crippen LogP contribution in [0.1, 0.15) is 38.8 Å². The highest BCUT2D eigenvalue weighted by molar-refractivity contribution is 7.99. The third-order valence-electron chi connectivity index (χ3n) is 2.78. The zero-order chi connectivity index (χ0) is 12.5. The molecule has 1 atom stereocenters. The van der Waals surface area contributed by atoms with E-state index < -0.39 is 0 Å². The molecule has 0 spiro atoms. The average molecular weight is 251 g/mol. The Kier molecular flexibility index (Phi) is 7.38. The summed E-state index contributed by atoms with van der Waals surface area (Å²) in [4.78, 5) is 0. The first-order chi connectivity index (χ1) is 8.24. The maximum atomic E-state index is 3.57. The zero-order valence-electron chi connectivity index (χ0n) is 11.3. The molecule has 0 heterocycles. The van der Waals surface area contributed by atoms with Crippen molar-refractivity contribution in [3.05, 3.63) is 35.9 Å². The average Bonchev–Trinajstić information content (AvgIpc) is 2.34. The number of rotatable bonds is 8. The van der Waals surface area contributed by atoms with E-state index in [0.29, 0.717) is 6.04 Å². The maximum Gasteiger partial charge on any atom is 0.0411 e. The monoisotopic (exact) mass is 251 g/mol. The van der Waals surface area contributed by atoms with E-state index in [-0.39, 0.29) is 0 Å². The van der Waals surface area contributed by atoms with Crippen molar-refractivity contribution in [1.82, 2.24) is 5.32 Å². The maximum absolute atomic E-state index is 3.57. The Labute approximate surface area is 110 Å². The highest BCUT2D eigenvalue weighted by Gasteiger charge is 2.09. The van der Waals surface area contributed by atoms with E-state index in [2.05, 4.69) is 68.2 Å². The first-order valence-electron chi connectivity index (χ1n) is 6.60. The molecule has 0 fully saturated rings. The number of thioether (sulfide) groups is 1. The van der Waals surface area contributed by atoms with E-state index in [4.69, 9.17) is 0 Å². The summed E-state index contributed by atoms with van der Waals surface area (Å²) in [6, 6.07) is 11.3. The molecule has 0 aliphatic rings. The zero-order valence-corrected chi connectivity index (χ0v) is 12.1. The smallest absolute Gasteiger partial charge is 0.0411 e. The van der Waals surface area contributed by atoms with Crippen LogP contribution in [0.25, 0.3) is 0 Å². The number of nitrogens with one attached hydrogen (secondary N) is 1. The van der Waals surface area contributed by atoms with Crippen LogP contribution in [-0.4, -0.2) is 18.1 Å². The van der Waals surface area contributed by atoms with E-state index in [1.165, 1.54) is 23.5 Å². The molecule has 0 radical (unpaired) electrons. The Bertz CT molecular complexity index is 284. The Hall–Kier alpha value is -0.470. The van der Waals surface area contributed by atoms with E-state index >= 15 is 0 Å². The van der Waals surface area contributed by atoms with E-state index in [1.54, 1.807) is 0 Å². The number of hydrogen-bond donors (Lipinski definition) is 1. The van der Waals surface area contributed by atoms with Gasteiger partial charge in [0.15, 0.2) is 0 Å². The van der Waals surface area contributed by atoms with E-state index in [1.807, 2.05) is 0 Å². The summed E-state index contributed by atoms with van der Waals surface area (Å²) in [6.45, 7) is 7.79. The van der Waals surface area contributed by atoms with Crippen molar-refractivity contribution in [1.29, 1.82) is 0 Å². The minimum absolute atomic E-state index is 0.498. The Morgan fingerprint density at radius 1 is 1.18 bits per heavy atom. The molecule has 0 saturated carbocycles. The first kappa shape index (κ1) is 14.6. The molecule has 1 unspecified atom stereocenters. The van der Waals surface area contributed by atoms with Gasteiger partial charge in [0.05, 0.1) is 0 Å². The van der Waals surface area contributed by atoms with Gasteiger partial charge >= 0.3 is 0 Å². The Balaban J connectivity index is 2.39. The molecule has 0 aromatic heterocycles. The SMILES string of the molecule is CCNC(CSCCC(C)C)c1ccccc1. The van der Waals surface area contributed by atoms with Crippen LogP contribution < -0.4 is 5.32 Å². The fourth-order valence-corrected chi connectivity index (χ4v) is 3.08. The van der Waals surface area contributed by atoms with Gasteiger partial charge in [-0.05, 0) is 30.2 Å². The Morgan fingerprint density at radius 2 is 1.88 bits per heavy atom. The highest BCUT2D eigenvalue weighted by atomic mass is 32.2. The van der Waals surface area contributed by atoms with Crippen molar-refractivity contribution < 1.29 is 0 Å². The topological polar surface area (TPSA) is 12.0 Å². The molecule has 96 valence electrons. The summed E-state index contributed by atoms with van der Waals surface area (Å²) in [6.07, 6.45) is 1.32. The van der Waals surface area contributed by atoms with Gasteiger partial charge in [-0.25, -0.2) is 0 Å². The van der Waals surface area contributed by atoms with Crippen molar-refractivity contribution in [2.24, 2.45) is 5.92 Å². The normalized spacial score (nSPS) is 12.9. The van der Waals surface area contributed by atoms with Gasteiger partial charge in [0.2, 0.25) is 0 Å². The minimum Gasteiger partial charge on any atom is -0.310 e. The molecule has 1 aromatic rings. The van der Waals surface area contributed by atoms with Crippen LogP contribution in [-0.2, 0) is 0 Å². The van der Waals surface area contributed by atoms with Crippen LogP contribution in [0.3, 0.4) is 0 Å². The summed E-state index contributed by atoms with van der Waals surface area (Å²) >= 11 is 2.06. The van der Waals surface area contributed by atoms with Gasteiger partial charge in [-0.3, -0.25) is 0 Å². The summed E-state index contributed by atoms with van der Waals surface area (Å²) in [7, 11) is 0. The lowest BCUT2D eigenvalue weighted by Gasteiger charge is -2.18. The van der Waals surface area contributed by atoms with Crippen molar-refractivity contribution in [2.45, 2.75) is 33.2 Å². The van der Waals surface area contributed by atoms with Crippen molar-refractivity contribution >= 4 is 11.8 Å². The van der Waals surface area contributed by atoms with Gasteiger partial charge in [-0.2, -0.15) is 11.8 Å². The fourth-order valence-electron chi connectivity index (χ4n) is 1.72. The van der Waals surface area contributed by atoms with Crippen molar-refractivity contribution in [3.8, 4) is 0 Å². The summed E-state index contributed by atoms with van der Waals surface area (Å²) < 4.78 is 0. The second kappa shape index (κ2) is 8.60. The third-order valence-corrected chi connectivity index (χ3v) is 3.87. The molecule has 0 aliphatic carbocycles. The summed E-state index contributed by atoms with van der Waals surface area (Å²) in [5, 5.41) is 3.57. The van der Waals surface area contributed by atoms with Crippen LogP contribution in [0, 0.1) is 5.92 Å². The van der Waals surface area contributed by atoms with Crippen molar-refractivity contribution in [2.75, 3.05) is 18.1 Å². The molecule has 0 saturated heterocycles. The minimum atomic E-state index is 0.498. The van der Waals surface area contributed by atoms with Gasteiger partial charge < -0.3 is 5.32 Å². The van der Waals surface area contributed by atoms with Crippen LogP contribution in [0.5, 0.6) is 0 Å². The molecule has 0 bridgehead atoms. The molecular formula is C15H25NS. The van der Waals surface area contributed by atoms with Crippen LogP contribution >= 0.6 is 11.8 Å². The lowest BCUT2D eigenvalue weighted by atomic mass is 10.1. The van der Waals surface area contributed by atoms with E-state index in [0.717, 1.165) is 12.5 Å². The van der Waals surface area contributed by atoms with Crippen LogP contribution in [0.2, 0.25) is 0 Å². The van der Waals surface area contributed by atoms with Gasteiger partial charge in [0, 0.05) is 11.8 Å².